The summed E-state index contributed by atoms with van der Waals surface area (Å²) in [5, 5.41) is 9.94. The molecular formula is C33H51N5O4. The number of esters is 1. The highest BCUT2D eigenvalue weighted by atomic mass is 16.5. The lowest BCUT2D eigenvalue weighted by atomic mass is 9.44. The first-order chi connectivity index (χ1) is 20.1. The van der Waals surface area contributed by atoms with Crippen molar-refractivity contribution in [2.24, 2.45) is 52.3 Å². The third-order valence-corrected chi connectivity index (χ3v) is 12.8. The first-order valence-corrected chi connectivity index (χ1v) is 16.6. The maximum Gasteiger partial charge on any atom is 0.305 e. The van der Waals surface area contributed by atoms with Crippen LogP contribution in [0.1, 0.15) is 97.8 Å². The van der Waals surface area contributed by atoms with E-state index in [-0.39, 0.29) is 36.6 Å². The van der Waals surface area contributed by atoms with Gasteiger partial charge in [-0.1, -0.05) is 33.6 Å². The number of nitrogens with two attached hydrogens (primary N) is 1. The van der Waals surface area contributed by atoms with Crippen molar-refractivity contribution in [1.82, 2.24) is 19.5 Å². The molecule has 0 spiro atoms. The molecule has 9 nitrogen and oxygen atoms in total. The topological polar surface area (TPSA) is 136 Å². The van der Waals surface area contributed by atoms with Crippen LogP contribution in [0.2, 0.25) is 0 Å². The zero-order valence-electron chi connectivity index (χ0n) is 25.8. The molecule has 4 fully saturated rings. The number of nitrogens with zero attached hydrogens (tertiary/aromatic N) is 3. The minimum Gasteiger partial charge on any atom is -0.465 e. The van der Waals surface area contributed by atoms with Crippen LogP contribution in [0.25, 0.3) is 11.2 Å². The van der Waals surface area contributed by atoms with Crippen LogP contribution in [-0.4, -0.2) is 43.8 Å². The van der Waals surface area contributed by atoms with Crippen molar-refractivity contribution in [2.45, 2.75) is 104 Å². The molecule has 9 atom stereocenters. The lowest BCUT2D eigenvalue weighted by Gasteiger charge is -2.61. The van der Waals surface area contributed by atoms with Gasteiger partial charge in [0.2, 0.25) is 5.95 Å². The number of anilines is 1. The number of nitrogen functional groups attached to an aromatic ring is 1. The van der Waals surface area contributed by atoms with E-state index in [2.05, 4.69) is 35.7 Å². The van der Waals surface area contributed by atoms with Gasteiger partial charge in [-0.2, -0.15) is 4.98 Å². The van der Waals surface area contributed by atoms with Gasteiger partial charge in [0, 0.05) is 18.9 Å². The molecule has 0 saturated heterocycles. The molecule has 2 aromatic rings. The van der Waals surface area contributed by atoms with E-state index in [0.29, 0.717) is 41.3 Å². The van der Waals surface area contributed by atoms with Crippen LogP contribution in [0.4, 0.5) is 5.95 Å². The van der Waals surface area contributed by atoms with Gasteiger partial charge >= 0.3 is 5.97 Å². The summed E-state index contributed by atoms with van der Waals surface area (Å²) in [6, 6.07) is 0. The maximum atomic E-state index is 12.8. The van der Waals surface area contributed by atoms with Crippen molar-refractivity contribution in [3.63, 3.8) is 0 Å². The number of aliphatic hydroxyl groups excluding tert-OH is 1. The van der Waals surface area contributed by atoms with E-state index in [0.717, 1.165) is 30.1 Å². The summed E-state index contributed by atoms with van der Waals surface area (Å²) >= 11 is 0. The second kappa shape index (κ2) is 11.6. The predicted octanol–water partition coefficient (Wildman–Crippen LogP) is 5.32. The van der Waals surface area contributed by atoms with Crippen molar-refractivity contribution in [2.75, 3.05) is 18.9 Å². The zero-order chi connectivity index (χ0) is 29.6. The summed E-state index contributed by atoms with van der Waals surface area (Å²) in [4.78, 5) is 35.6. The van der Waals surface area contributed by atoms with Crippen molar-refractivity contribution in [1.29, 1.82) is 0 Å². The normalized spacial score (nSPS) is 35.7. The molecule has 0 bridgehead atoms. The molecule has 2 unspecified atom stereocenters. The number of rotatable bonds is 9. The van der Waals surface area contributed by atoms with Crippen molar-refractivity contribution in [3.05, 3.63) is 16.7 Å². The van der Waals surface area contributed by atoms with E-state index >= 15 is 0 Å². The number of nitrogens with one attached hydrogen (secondary N) is 1. The van der Waals surface area contributed by atoms with Crippen LogP contribution in [0.5, 0.6) is 0 Å². The predicted molar refractivity (Wildman–Crippen MR) is 162 cm³/mol. The minimum atomic E-state index is -0.404. The number of aromatic amines is 1. The molecular weight excluding hydrogens is 530 g/mol. The smallest absolute Gasteiger partial charge is 0.305 e. The van der Waals surface area contributed by atoms with Crippen molar-refractivity contribution in [3.8, 4) is 0 Å². The Morgan fingerprint density at radius 3 is 2.76 bits per heavy atom. The Hall–Kier alpha value is -2.42. The molecule has 9 heteroatoms. The number of hydrogen-bond acceptors (Lipinski definition) is 7. The van der Waals surface area contributed by atoms with Gasteiger partial charge in [-0.25, -0.2) is 4.98 Å². The fraction of sp³-hybridized carbons (Fsp3) is 0.818. The fourth-order valence-corrected chi connectivity index (χ4v) is 10.6. The molecule has 42 heavy (non-hydrogen) atoms. The van der Waals surface area contributed by atoms with E-state index in [1.165, 1.54) is 70.5 Å². The van der Waals surface area contributed by atoms with Gasteiger partial charge in [-0.3, -0.25) is 14.6 Å². The third-order valence-electron chi connectivity index (χ3n) is 12.8. The van der Waals surface area contributed by atoms with Crippen LogP contribution in [0.3, 0.4) is 0 Å². The Labute approximate surface area is 249 Å². The van der Waals surface area contributed by atoms with Gasteiger partial charge in [0.15, 0.2) is 11.2 Å². The van der Waals surface area contributed by atoms with Gasteiger partial charge in [0.05, 0.1) is 19.5 Å². The Morgan fingerprint density at radius 2 is 1.95 bits per heavy atom. The first-order valence-electron chi connectivity index (χ1n) is 16.6. The molecule has 0 radical (unpaired) electrons. The van der Waals surface area contributed by atoms with Crippen molar-refractivity contribution >= 4 is 23.1 Å². The molecule has 2 aromatic heterocycles. The highest BCUT2D eigenvalue weighted by molar-refractivity contribution is 5.70. The first kappa shape index (κ1) is 29.6. The summed E-state index contributed by atoms with van der Waals surface area (Å²) in [6.45, 7) is 7.87. The summed E-state index contributed by atoms with van der Waals surface area (Å²) in [5.74, 6) is 4.27. The van der Waals surface area contributed by atoms with E-state index < -0.39 is 5.56 Å². The molecule has 232 valence electrons. The second-order valence-corrected chi connectivity index (χ2v) is 14.9. The van der Waals surface area contributed by atoms with Crippen molar-refractivity contribution < 1.29 is 14.6 Å². The molecule has 4 N–H and O–H groups in total. The Kier molecular flexibility index (Phi) is 8.18. The zero-order valence-corrected chi connectivity index (χ0v) is 25.8. The average molecular weight is 582 g/mol. The number of ether oxygens (including phenoxy) is 1. The molecule has 0 aliphatic heterocycles. The fourth-order valence-electron chi connectivity index (χ4n) is 10.6. The Balaban J connectivity index is 1.01. The number of aromatic nitrogens is 4. The molecule has 2 heterocycles. The number of carbonyl (C=O) groups is 1. The number of aliphatic hydroxyl groups is 1. The van der Waals surface area contributed by atoms with Gasteiger partial charge in [0.25, 0.3) is 5.56 Å². The molecule has 4 aliphatic carbocycles. The Morgan fingerprint density at radius 1 is 1.14 bits per heavy atom. The standard InChI is InChI=1S/C33H51N5O4/c1-20(7-12-27(40)42-18-21(17-39)16-38-19-35-28-29(38)36-31(34)37-30(28)41)24-10-11-25-23-9-8-22-6-4-5-14-32(22,2)26(23)13-15-33(24,25)3/h19-26,39H,4-18H2,1-3H3,(H3,34,36,37,41)/t20-,21?,22?,23+,24-,25+,26+,32+,33-/m1/s1. The molecule has 4 aliphatic rings. The van der Waals surface area contributed by atoms with Crippen LogP contribution in [-0.2, 0) is 16.1 Å². The molecule has 0 amide bonds. The number of hydrogen-bond donors (Lipinski definition) is 3. The lowest BCUT2D eigenvalue weighted by molar-refractivity contribution is -0.146. The Bertz CT molecular complexity index is 1340. The molecule has 0 aromatic carbocycles. The van der Waals surface area contributed by atoms with Crippen LogP contribution >= 0.6 is 0 Å². The average Bonchev–Trinajstić information content (AvgIpc) is 3.54. The van der Waals surface area contributed by atoms with E-state index in [4.69, 9.17) is 10.5 Å². The summed E-state index contributed by atoms with van der Waals surface area (Å²) in [7, 11) is 0. The third kappa shape index (κ3) is 5.17. The van der Waals surface area contributed by atoms with Crippen LogP contribution in [0, 0.1) is 52.3 Å². The second-order valence-electron chi connectivity index (χ2n) is 14.9. The number of imidazole rings is 1. The maximum absolute atomic E-state index is 12.8. The molecule has 4 saturated carbocycles. The van der Waals surface area contributed by atoms with Gasteiger partial charge in [-0.15, -0.1) is 0 Å². The summed E-state index contributed by atoms with van der Waals surface area (Å²) in [6.07, 6.45) is 16.9. The van der Waals surface area contributed by atoms with Gasteiger partial charge < -0.3 is 20.1 Å². The summed E-state index contributed by atoms with van der Waals surface area (Å²) < 4.78 is 7.31. The van der Waals surface area contributed by atoms with Crippen LogP contribution in [0.15, 0.2) is 11.1 Å². The van der Waals surface area contributed by atoms with Crippen LogP contribution < -0.4 is 11.3 Å². The molecule has 6 rings (SSSR count). The van der Waals surface area contributed by atoms with Gasteiger partial charge in [-0.05, 0) is 104 Å². The highest BCUT2D eigenvalue weighted by Gasteiger charge is 2.60. The minimum absolute atomic E-state index is 0.0108. The van der Waals surface area contributed by atoms with E-state index in [1.54, 1.807) is 4.57 Å². The van der Waals surface area contributed by atoms with E-state index in [1.807, 2.05) is 0 Å². The van der Waals surface area contributed by atoms with E-state index in [9.17, 15) is 14.7 Å². The monoisotopic (exact) mass is 581 g/mol. The quantitative estimate of drug-likeness (QED) is 0.341. The number of H-pyrrole nitrogens is 1. The SMILES string of the molecule is C[C@H](CCC(=O)OCC(CO)Cn1cnc2c(=O)[nH]c(N)nc21)[C@H]1CC[C@H]2[C@@H]3CCC4CCCC[C@]4(C)[C@H]3CC[C@]12C. The van der Waals surface area contributed by atoms with Gasteiger partial charge in [0.1, 0.15) is 0 Å². The lowest BCUT2D eigenvalue weighted by Crippen LogP contribution is -2.53. The highest BCUT2D eigenvalue weighted by Crippen LogP contribution is 2.68. The summed E-state index contributed by atoms with van der Waals surface area (Å²) in [5.41, 5.74) is 6.82. The number of fused-ring (bicyclic) bond motifs is 6. The largest absolute Gasteiger partial charge is 0.465 e. The number of carbonyl (C=O) groups excluding carboxylic acids is 1.